The van der Waals surface area contributed by atoms with Gasteiger partial charge in [-0.15, -0.1) is 0 Å². The lowest BCUT2D eigenvalue weighted by molar-refractivity contribution is 0.212. The highest BCUT2D eigenvalue weighted by atomic mass is 16.2. The van der Waals surface area contributed by atoms with Gasteiger partial charge in [-0.2, -0.15) is 0 Å². The van der Waals surface area contributed by atoms with Gasteiger partial charge in [0.1, 0.15) is 0 Å². The average molecular weight is 270 g/mol. The molecule has 0 fully saturated rings. The van der Waals surface area contributed by atoms with Crippen LogP contribution in [0, 0.1) is 0 Å². The van der Waals surface area contributed by atoms with Gasteiger partial charge in [0, 0.05) is 17.8 Å². The Morgan fingerprint density at radius 1 is 1.35 bits per heavy atom. The molecule has 3 heteroatoms. The summed E-state index contributed by atoms with van der Waals surface area (Å²) >= 11 is 0. The van der Waals surface area contributed by atoms with Crippen LogP contribution in [0.15, 0.2) is 72.7 Å². The zero-order chi connectivity index (χ0) is 15.1. The molecule has 20 heavy (non-hydrogen) atoms. The minimum atomic E-state index is -0.120. The molecule has 0 atom stereocenters. The second-order valence-corrected chi connectivity index (χ2v) is 4.12. The van der Waals surface area contributed by atoms with Crippen molar-refractivity contribution >= 4 is 6.03 Å². The van der Waals surface area contributed by atoms with Gasteiger partial charge < -0.3 is 5.32 Å². The highest BCUT2D eigenvalue weighted by Gasteiger charge is 2.28. The van der Waals surface area contributed by atoms with E-state index >= 15 is 0 Å². The number of amides is 2. The number of hydrogen-bond acceptors (Lipinski definition) is 1. The second-order valence-electron chi connectivity index (χ2n) is 4.12. The number of nitrogens with zero attached hydrogens (tertiary/aromatic N) is 1. The third-order valence-corrected chi connectivity index (χ3v) is 2.99. The number of carbonyl (C=O) groups is 1. The van der Waals surface area contributed by atoms with E-state index < -0.39 is 0 Å². The molecule has 1 N–H and O–H groups in total. The van der Waals surface area contributed by atoms with Crippen molar-refractivity contribution in [3.8, 4) is 0 Å². The van der Waals surface area contributed by atoms with Crippen molar-refractivity contribution in [3.63, 3.8) is 0 Å². The number of rotatable bonds is 3. The zero-order valence-corrected chi connectivity index (χ0v) is 12.3. The normalized spacial score (nSPS) is 17.9. The molecule has 0 aromatic rings. The van der Waals surface area contributed by atoms with Gasteiger partial charge in [-0.05, 0) is 18.1 Å². The summed E-state index contributed by atoms with van der Waals surface area (Å²) in [5, 5.41) is 2.71. The maximum absolute atomic E-state index is 11.9. The van der Waals surface area contributed by atoms with Crippen LogP contribution in [0.2, 0.25) is 0 Å². The van der Waals surface area contributed by atoms with E-state index in [1.54, 1.807) is 11.0 Å². The summed E-state index contributed by atoms with van der Waals surface area (Å²) in [7, 11) is 0. The molecular weight excluding hydrogens is 248 g/mol. The fourth-order valence-corrected chi connectivity index (χ4v) is 2.14. The molecule has 0 aromatic carbocycles. The Bertz CT molecular complexity index is 521. The topological polar surface area (TPSA) is 32.3 Å². The smallest absolute Gasteiger partial charge is 0.308 e. The highest BCUT2D eigenvalue weighted by molar-refractivity contribution is 5.83. The molecule has 2 rings (SSSR count). The Morgan fingerprint density at radius 3 is 2.65 bits per heavy atom. The summed E-state index contributed by atoms with van der Waals surface area (Å²) < 4.78 is 0. The third-order valence-electron chi connectivity index (χ3n) is 2.99. The molecule has 0 aliphatic carbocycles. The molecule has 2 aliphatic rings. The van der Waals surface area contributed by atoms with Crippen LogP contribution in [-0.4, -0.2) is 17.5 Å². The van der Waals surface area contributed by atoms with Gasteiger partial charge in [0.25, 0.3) is 0 Å². The zero-order valence-electron chi connectivity index (χ0n) is 12.3. The minimum absolute atomic E-state index is 0.120. The van der Waals surface area contributed by atoms with Crippen molar-refractivity contribution in [1.82, 2.24) is 10.2 Å². The van der Waals surface area contributed by atoms with Crippen molar-refractivity contribution in [2.24, 2.45) is 0 Å². The molecule has 106 valence electrons. The number of hydrogen-bond donors (Lipinski definition) is 1. The monoisotopic (exact) mass is 270 g/mol. The van der Waals surface area contributed by atoms with Crippen LogP contribution in [0.25, 0.3) is 0 Å². The van der Waals surface area contributed by atoms with Crippen LogP contribution in [0.4, 0.5) is 4.79 Å². The van der Waals surface area contributed by atoms with Crippen LogP contribution in [0.5, 0.6) is 0 Å². The lowest BCUT2D eigenvalue weighted by Gasteiger charge is -2.35. The Kier molecular flexibility index (Phi) is 5.78. The first kappa shape index (κ1) is 15.8. The van der Waals surface area contributed by atoms with Gasteiger partial charge in [-0.1, -0.05) is 57.9 Å². The quantitative estimate of drug-likeness (QED) is 0.770. The first-order valence-corrected chi connectivity index (χ1v) is 6.81. The van der Waals surface area contributed by atoms with Crippen molar-refractivity contribution in [2.45, 2.75) is 20.3 Å². The predicted octanol–water partition coefficient (Wildman–Crippen LogP) is 4.06. The predicted molar refractivity (Wildman–Crippen MR) is 85.0 cm³/mol. The first-order valence-electron chi connectivity index (χ1n) is 6.81. The largest absolute Gasteiger partial charge is 0.326 e. The molecule has 0 unspecified atom stereocenters. The number of urea groups is 1. The van der Waals surface area contributed by atoms with Crippen LogP contribution >= 0.6 is 0 Å². The molecule has 2 heterocycles. The molecule has 2 aliphatic heterocycles. The summed E-state index contributed by atoms with van der Waals surface area (Å²) in [5.74, 6) is 0. The van der Waals surface area contributed by atoms with E-state index in [2.05, 4.69) is 25.1 Å². The summed E-state index contributed by atoms with van der Waals surface area (Å²) in [6.07, 6.45) is 10.1. The Labute approximate surface area is 121 Å². The van der Waals surface area contributed by atoms with Crippen molar-refractivity contribution < 1.29 is 4.79 Å². The molecule has 0 aromatic heterocycles. The van der Waals surface area contributed by atoms with Gasteiger partial charge in [0.05, 0.1) is 5.70 Å². The highest BCUT2D eigenvalue weighted by Crippen LogP contribution is 2.31. The maximum Gasteiger partial charge on any atom is 0.326 e. The number of nitrogens with one attached hydrogen (secondary N) is 1. The van der Waals surface area contributed by atoms with E-state index in [0.29, 0.717) is 12.2 Å². The van der Waals surface area contributed by atoms with E-state index in [1.165, 1.54) is 0 Å². The summed E-state index contributed by atoms with van der Waals surface area (Å²) in [5.41, 5.74) is 3.63. The number of allylic oxidation sites excluding steroid dienone is 5. The Hall–Kier alpha value is -2.29. The van der Waals surface area contributed by atoms with Crippen molar-refractivity contribution in [2.75, 3.05) is 6.54 Å². The fraction of sp³-hybridized carbons (Fsp3) is 0.235. The molecule has 2 amide bonds. The molecule has 0 radical (unpaired) electrons. The second kappa shape index (κ2) is 7.34. The minimum Gasteiger partial charge on any atom is -0.308 e. The molecule has 0 bridgehead atoms. The van der Waals surface area contributed by atoms with E-state index in [9.17, 15) is 4.79 Å². The lowest BCUT2D eigenvalue weighted by Crippen LogP contribution is -2.44. The molecule has 0 saturated carbocycles. The summed E-state index contributed by atoms with van der Waals surface area (Å²) in [6, 6.07) is -0.120. The van der Waals surface area contributed by atoms with Gasteiger partial charge in [0.15, 0.2) is 0 Å². The van der Waals surface area contributed by atoms with Crippen molar-refractivity contribution in [3.05, 3.63) is 72.7 Å². The lowest BCUT2D eigenvalue weighted by atomic mass is 9.94. The van der Waals surface area contributed by atoms with Crippen LogP contribution in [0.3, 0.4) is 0 Å². The SMILES string of the molecule is C=C/C=C\C1=C(C=C)CCN2C(=O)NC(=C)C=C12.CC. The Morgan fingerprint density at radius 2 is 2.05 bits per heavy atom. The molecular formula is C17H22N2O. The standard InChI is InChI=1S/C15H16N2O.C2H6/c1-4-6-7-13-12(5-2)8-9-17-14(13)10-11(3)16-15(17)18;1-2/h4-7,10H,1-3,8-9H2,(H,16,18);1-2H3/b7-6-;. The first-order chi connectivity index (χ1) is 9.67. The van der Waals surface area contributed by atoms with Gasteiger partial charge in [0.2, 0.25) is 0 Å². The number of carbonyl (C=O) groups excluding carboxylic acids is 1. The van der Waals surface area contributed by atoms with Gasteiger partial charge >= 0.3 is 6.03 Å². The Balaban J connectivity index is 0.000000956. The van der Waals surface area contributed by atoms with Crippen LogP contribution in [-0.2, 0) is 0 Å². The van der Waals surface area contributed by atoms with Crippen molar-refractivity contribution in [1.29, 1.82) is 0 Å². The van der Waals surface area contributed by atoms with E-state index in [0.717, 1.165) is 23.3 Å². The third kappa shape index (κ3) is 3.18. The van der Waals surface area contributed by atoms with Gasteiger partial charge in [-0.3, -0.25) is 4.90 Å². The maximum atomic E-state index is 11.9. The fourth-order valence-electron chi connectivity index (χ4n) is 2.14. The summed E-state index contributed by atoms with van der Waals surface area (Å²) in [6.45, 7) is 16.0. The van der Waals surface area contributed by atoms with Crippen LogP contribution < -0.4 is 5.32 Å². The van der Waals surface area contributed by atoms with Crippen LogP contribution in [0.1, 0.15) is 20.3 Å². The van der Waals surface area contributed by atoms with Gasteiger partial charge in [-0.25, -0.2) is 4.79 Å². The molecule has 3 nitrogen and oxygen atoms in total. The molecule has 0 saturated heterocycles. The van der Waals surface area contributed by atoms with E-state index in [1.807, 2.05) is 38.2 Å². The molecule has 0 spiro atoms. The average Bonchev–Trinajstić information content (AvgIpc) is 2.46. The summed E-state index contributed by atoms with van der Waals surface area (Å²) in [4.78, 5) is 13.6. The number of fused-ring (bicyclic) bond motifs is 1. The van der Waals surface area contributed by atoms with E-state index in [-0.39, 0.29) is 6.03 Å². The van der Waals surface area contributed by atoms with E-state index in [4.69, 9.17) is 0 Å².